The van der Waals surface area contributed by atoms with Crippen LogP contribution in [-0.4, -0.2) is 50.3 Å². The van der Waals surface area contributed by atoms with Gasteiger partial charge in [0.1, 0.15) is 0 Å². The predicted molar refractivity (Wildman–Crippen MR) is 80.5 cm³/mol. The van der Waals surface area contributed by atoms with E-state index in [1.807, 2.05) is 7.11 Å². The Hall–Kier alpha value is -0.120. The summed E-state index contributed by atoms with van der Waals surface area (Å²) in [6.45, 7) is 10.8. The lowest BCUT2D eigenvalue weighted by Gasteiger charge is -2.40. The molecule has 3 nitrogen and oxygen atoms in total. The van der Waals surface area contributed by atoms with E-state index in [0.717, 1.165) is 18.4 Å². The van der Waals surface area contributed by atoms with Crippen molar-refractivity contribution in [1.82, 2.24) is 10.2 Å². The highest BCUT2D eigenvalue weighted by Crippen LogP contribution is 2.26. The van der Waals surface area contributed by atoms with Gasteiger partial charge >= 0.3 is 0 Å². The second-order valence-corrected chi connectivity index (χ2v) is 6.91. The summed E-state index contributed by atoms with van der Waals surface area (Å²) in [4.78, 5) is 2.61. The molecular weight excluding hydrogens is 236 g/mol. The molecule has 3 atom stereocenters. The topological polar surface area (TPSA) is 24.5 Å². The van der Waals surface area contributed by atoms with Crippen molar-refractivity contribution in [2.45, 2.75) is 51.6 Å². The van der Waals surface area contributed by atoms with Gasteiger partial charge in [-0.2, -0.15) is 0 Å². The van der Waals surface area contributed by atoms with E-state index in [4.69, 9.17) is 4.74 Å². The average molecular weight is 268 g/mol. The van der Waals surface area contributed by atoms with E-state index in [-0.39, 0.29) is 5.60 Å². The first-order chi connectivity index (χ1) is 9.13. The van der Waals surface area contributed by atoms with Crippen LogP contribution in [0.5, 0.6) is 0 Å². The van der Waals surface area contributed by atoms with Crippen LogP contribution in [0.15, 0.2) is 0 Å². The minimum absolute atomic E-state index is 0.0912. The highest BCUT2D eigenvalue weighted by Gasteiger charge is 2.31. The molecule has 0 spiro atoms. The van der Waals surface area contributed by atoms with E-state index >= 15 is 0 Å². The summed E-state index contributed by atoms with van der Waals surface area (Å²) < 4.78 is 5.68. The summed E-state index contributed by atoms with van der Waals surface area (Å²) in [7, 11) is 1.86. The van der Waals surface area contributed by atoms with Gasteiger partial charge in [-0.3, -0.25) is 0 Å². The largest absolute Gasteiger partial charge is 0.377 e. The Morgan fingerprint density at radius 1 is 1.42 bits per heavy atom. The van der Waals surface area contributed by atoms with Crippen molar-refractivity contribution in [3.63, 3.8) is 0 Å². The van der Waals surface area contributed by atoms with Crippen LogP contribution in [-0.2, 0) is 4.74 Å². The van der Waals surface area contributed by atoms with Gasteiger partial charge in [-0.1, -0.05) is 6.92 Å². The SMILES string of the molecule is COC1(C)CCCN(CCC(C)C2CCCNC2)C1. The second kappa shape index (κ2) is 7.05. The van der Waals surface area contributed by atoms with E-state index in [1.54, 1.807) is 0 Å². The number of hydrogen-bond donors (Lipinski definition) is 1. The van der Waals surface area contributed by atoms with Crippen molar-refractivity contribution >= 4 is 0 Å². The minimum Gasteiger partial charge on any atom is -0.377 e. The molecule has 1 N–H and O–H groups in total. The molecular formula is C16H32N2O. The molecule has 2 aliphatic rings. The third-order valence-electron chi connectivity index (χ3n) is 5.27. The molecule has 19 heavy (non-hydrogen) atoms. The van der Waals surface area contributed by atoms with Crippen LogP contribution in [0.25, 0.3) is 0 Å². The second-order valence-electron chi connectivity index (χ2n) is 6.91. The predicted octanol–water partition coefficient (Wildman–Crippen LogP) is 2.51. The number of piperidine rings is 2. The molecule has 0 aromatic heterocycles. The fourth-order valence-corrected chi connectivity index (χ4v) is 3.65. The Bertz CT molecular complexity index is 265. The number of nitrogens with one attached hydrogen (secondary N) is 1. The molecule has 0 aromatic carbocycles. The molecule has 0 radical (unpaired) electrons. The molecule has 0 bridgehead atoms. The maximum Gasteiger partial charge on any atom is 0.0777 e. The molecule has 0 aliphatic carbocycles. The van der Waals surface area contributed by atoms with E-state index < -0.39 is 0 Å². The maximum atomic E-state index is 5.68. The van der Waals surface area contributed by atoms with E-state index in [1.165, 1.54) is 58.3 Å². The van der Waals surface area contributed by atoms with Crippen LogP contribution in [0, 0.1) is 11.8 Å². The van der Waals surface area contributed by atoms with Gasteiger partial charge in [0.25, 0.3) is 0 Å². The van der Waals surface area contributed by atoms with Gasteiger partial charge in [0.05, 0.1) is 5.60 Å². The Balaban J connectivity index is 1.72. The molecule has 2 heterocycles. The van der Waals surface area contributed by atoms with E-state index in [2.05, 4.69) is 24.1 Å². The summed E-state index contributed by atoms with van der Waals surface area (Å²) in [5, 5.41) is 3.54. The van der Waals surface area contributed by atoms with E-state index in [9.17, 15) is 0 Å². The van der Waals surface area contributed by atoms with Gasteiger partial charge in [0.15, 0.2) is 0 Å². The van der Waals surface area contributed by atoms with Crippen LogP contribution in [0.4, 0.5) is 0 Å². The summed E-state index contributed by atoms with van der Waals surface area (Å²) in [5.74, 6) is 1.75. The number of likely N-dealkylation sites (tertiary alicyclic amines) is 1. The zero-order chi connectivity index (χ0) is 13.7. The van der Waals surface area contributed by atoms with Crippen LogP contribution in [0.1, 0.15) is 46.0 Å². The fourth-order valence-electron chi connectivity index (χ4n) is 3.65. The molecule has 2 rings (SSSR count). The molecule has 2 fully saturated rings. The van der Waals surface area contributed by atoms with Crippen LogP contribution in [0.3, 0.4) is 0 Å². The van der Waals surface area contributed by atoms with Crippen LogP contribution < -0.4 is 5.32 Å². The lowest BCUT2D eigenvalue weighted by Crippen LogP contribution is -2.48. The Labute approximate surface area is 119 Å². The molecule has 3 heteroatoms. The van der Waals surface area contributed by atoms with Crippen molar-refractivity contribution in [1.29, 1.82) is 0 Å². The maximum absolute atomic E-state index is 5.68. The summed E-state index contributed by atoms with van der Waals surface area (Å²) in [5.41, 5.74) is 0.0912. The monoisotopic (exact) mass is 268 g/mol. The lowest BCUT2D eigenvalue weighted by molar-refractivity contribution is -0.0518. The van der Waals surface area contributed by atoms with Gasteiger partial charge in [0.2, 0.25) is 0 Å². The van der Waals surface area contributed by atoms with Gasteiger partial charge in [-0.05, 0) is 77.0 Å². The summed E-state index contributed by atoms with van der Waals surface area (Å²) in [6.07, 6.45) is 6.61. The van der Waals surface area contributed by atoms with Gasteiger partial charge < -0.3 is 15.0 Å². The number of ether oxygens (including phenoxy) is 1. The first kappa shape index (κ1) is 15.3. The van der Waals surface area contributed by atoms with Gasteiger partial charge in [-0.25, -0.2) is 0 Å². The molecule has 0 amide bonds. The summed E-state index contributed by atoms with van der Waals surface area (Å²) in [6, 6.07) is 0. The molecule has 112 valence electrons. The normalized spacial score (nSPS) is 35.2. The third kappa shape index (κ3) is 4.44. The highest BCUT2D eigenvalue weighted by molar-refractivity contribution is 4.85. The number of nitrogens with zero attached hydrogens (tertiary/aromatic N) is 1. The average Bonchev–Trinajstić information content (AvgIpc) is 2.46. The molecule has 2 aliphatic heterocycles. The van der Waals surface area contributed by atoms with E-state index in [0.29, 0.717) is 0 Å². The summed E-state index contributed by atoms with van der Waals surface area (Å²) >= 11 is 0. The van der Waals surface area contributed by atoms with Crippen LogP contribution in [0.2, 0.25) is 0 Å². The van der Waals surface area contributed by atoms with Crippen LogP contribution >= 0.6 is 0 Å². The lowest BCUT2D eigenvalue weighted by atomic mass is 9.85. The van der Waals surface area contributed by atoms with Crippen molar-refractivity contribution in [3.8, 4) is 0 Å². The molecule has 0 aromatic rings. The molecule has 2 saturated heterocycles. The first-order valence-corrected chi connectivity index (χ1v) is 8.11. The van der Waals surface area contributed by atoms with Crippen molar-refractivity contribution < 1.29 is 4.74 Å². The van der Waals surface area contributed by atoms with Crippen molar-refractivity contribution in [3.05, 3.63) is 0 Å². The molecule has 3 unspecified atom stereocenters. The smallest absolute Gasteiger partial charge is 0.0777 e. The third-order valence-corrected chi connectivity index (χ3v) is 5.27. The Kier molecular flexibility index (Phi) is 5.67. The Morgan fingerprint density at radius 3 is 2.95 bits per heavy atom. The number of hydrogen-bond acceptors (Lipinski definition) is 3. The van der Waals surface area contributed by atoms with Gasteiger partial charge in [0, 0.05) is 13.7 Å². The highest BCUT2D eigenvalue weighted by atomic mass is 16.5. The zero-order valence-electron chi connectivity index (χ0n) is 13.1. The quantitative estimate of drug-likeness (QED) is 0.829. The molecule has 0 saturated carbocycles. The minimum atomic E-state index is 0.0912. The van der Waals surface area contributed by atoms with Crippen molar-refractivity contribution in [2.75, 3.05) is 39.8 Å². The first-order valence-electron chi connectivity index (χ1n) is 8.11. The number of methoxy groups -OCH3 is 1. The zero-order valence-corrected chi connectivity index (χ0v) is 13.1. The standard InChI is InChI=1S/C16H32N2O/c1-14(15-6-4-9-17-12-15)7-11-18-10-5-8-16(2,13-18)19-3/h14-15,17H,4-13H2,1-3H3. The Morgan fingerprint density at radius 2 is 2.26 bits per heavy atom. The van der Waals surface area contributed by atoms with Gasteiger partial charge in [-0.15, -0.1) is 0 Å². The van der Waals surface area contributed by atoms with Crippen molar-refractivity contribution in [2.24, 2.45) is 11.8 Å². The fraction of sp³-hybridized carbons (Fsp3) is 1.00. The number of rotatable bonds is 5.